The van der Waals surface area contributed by atoms with Crippen LogP contribution in [-0.2, 0) is 10.2 Å². The van der Waals surface area contributed by atoms with E-state index in [0.29, 0.717) is 15.9 Å². The van der Waals surface area contributed by atoms with Crippen LogP contribution >= 0.6 is 15.9 Å². The fraction of sp³-hybridized carbons (Fsp3) is 0.231. The van der Waals surface area contributed by atoms with Crippen LogP contribution in [-0.4, -0.2) is 20.9 Å². The van der Waals surface area contributed by atoms with Gasteiger partial charge in [0.15, 0.2) is 0 Å². The molecule has 0 fully saturated rings. The van der Waals surface area contributed by atoms with Crippen molar-refractivity contribution in [2.75, 3.05) is 0 Å². The lowest BCUT2D eigenvalue weighted by Gasteiger charge is -2.16. The SMILES string of the molecule is CC(C)(C(=O)O)c1nn(-c2cccc(F)c2)cc1Br. The van der Waals surface area contributed by atoms with E-state index in [4.69, 9.17) is 0 Å². The van der Waals surface area contributed by atoms with Crippen molar-refractivity contribution in [2.45, 2.75) is 19.3 Å². The van der Waals surface area contributed by atoms with Gasteiger partial charge in [-0.25, -0.2) is 9.07 Å². The minimum atomic E-state index is -1.13. The number of halogens is 2. The van der Waals surface area contributed by atoms with Gasteiger partial charge in [-0.15, -0.1) is 0 Å². The lowest BCUT2D eigenvalue weighted by Crippen LogP contribution is -2.29. The molecule has 0 saturated heterocycles. The number of carbonyl (C=O) groups is 1. The lowest BCUT2D eigenvalue weighted by atomic mass is 9.90. The predicted molar refractivity (Wildman–Crippen MR) is 71.9 cm³/mol. The molecule has 0 aliphatic heterocycles. The van der Waals surface area contributed by atoms with E-state index in [-0.39, 0.29) is 5.82 Å². The lowest BCUT2D eigenvalue weighted by molar-refractivity contribution is -0.142. The molecular weight excluding hydrogens is 315 g/mol. The van der Waals surface area contributed by atoms with E-state index in [0.717, 1.165) is 0 Å². The third-order valence-electron chi connectivity index (χ3n) is 2.87. The molecule has 0 aliphatic carbocycles. The summed E-state index contributed by atoms with van der Waals surface area (Å²) in [6.45, 7) is 3.14. The third-order valence-corrected chi connectivity index (χ3v) is 3.45. The first-order valence-electron chi connectivity index (χ1n) is 5.57. The van der Waals surface area contributed by atoms with Crippen LogP contribution in [0.3, 0.4) is 0 Å². The summed E-state index contributed by atoms with van der Waals surface area (Å²) in [6.07, 6.45) is 1.62. The highest BCUT2D eigenvalue weighted by molar-refractivity contribution is 9.10. The number of aromatic nitrogens is 2. The minimum absolute atomic E-state index is 0.372. The molecule has 1 aromatic heterocycles. The van der Waals surface area contributed by atoms with Crippen molar-refractivity contribution in [3.05, 3.63) is 46.4 Å². The van der Waals surface area contributed by atoms with Crippen LogP contribution < -0.4 is 0 Å². The highest BCUT2D eigenvalue weighted by Gasteiger charge is 2.34. The minimum Gasteiger partial charge on any atom is -0.481 e. The van der Waals surface area contributed by atoms with Crippen LogP contribution in [0.25, 0.3) is 5.69 Å². The summed E-state index contributed by atoms with van der Waals surface area (Å²) in [6, 6.07) is 5.93. The van der Waals surface area contributed by atoms with Gasteiger partial charge >= 0.3 is 5.97 Å². The first kappa shape index (κ1) is 13.7. The molecule has 6 heteroatoms. The van der Waals surface area contributed by atoms with E-state index in [2.05, 4.69) is 21.0 Å². The summed E-state index contributed by atoms with van der Waals surface area (Å²) in [4.78, 5) is 11.2. The first-order valence-corrected chi connectivity index (χ1v) is 6.36. The fourth-order valence-corrected chi connectivity index (χ4v) is 2.40. The molecule has 0 spiro atoms. The fourth-order valence-electron chi connectivity index (χ4n) is 1.63. The Hall–Kier alpha value is -1.69. The molecule has 0 amide bonds. The smallest absolute Gasteiger partial charge is 0.315 e. The second-order valence-electron chi connectivity index (χ2n) is 4.68. The van der Waals surface area contributed by atoms with Crippen LogP contribution in [0, 0.1) is 5.82 Å². The normalized spacial score (nSPS) is 11.6. The number of rotatable bonds is 3. The molecule has 2 aromatic rings. The second kappa shape index (κ2) is 4.77. The maximum absolute atomic E-state index is 13.2. The zero-order valence-corrected chi connectivity index (χ0v) is 12.0. The zero-order chi connectivity index (χ0) is 14.2. The number of carboxylic acids is 1. The summed E-state index contributed by atoms with van der Waals surface area (Å²) in [5.41, 5.74) is -0.199. The van der Waals surface area contributed by atoms with Crippen molar-refractivity contribution in [3.8, 4) is 5.69 Å². The predicted octanol–water partition coefficient (Wildman–Crippen LogP) is 3.14. The second-order valence-corrected chi connectivity index (χ2v) is 5.53. The molecular formula is C13H12BrFN2O2. The van der Waals surface area contributed by atoms with Crippen molar-refractivity contribution >= 4 is 21.9 Å². The summed E-state index contributed by atoms with van der Waals surface area (Å²) >= 11 is 3.30. The summed E-state index contributed by atoms with van der Waals surface area (Å²) in [7, 11) is 0. The topological polar surface area (TPSA) is 55.1 Å². The van der Waals surface area contributed by atoms with Crippen molar-refractivity contribution in [1.29, 1.82) is 0 Å². The van der Waals surface area contributed by atoms with Crippen molar-refractivity contribution < 1.29 is 14.3 Å². The standard InChI is InChI=1S/C13H12BrFN2O2/c1-13(2,12(18)19)11-10(14)7-17(16-11)9-5-3-4-8(15)6-9/h3-7H,1-2H3,(H,18,19). The molecule has 4 nitrogen and oxygen atoms in total. The van der Waals surface area contributed by atoms with Crippen LogP contribution in [0.2, 0.25) is 0 Å². The number of hydrogen-bond acceptors (Lipinski definition) is 2. The van der Waals surface area contributed by atoms with Crippen molar-refractivity contribution in [2.24, 2.45) is 0 Å². The van der Waals surface area contributed by atoms with Gasteiger partial charge in [0.2, 0.25) is 0 Å². The molecule has 0 atom stereocenters. The van der Waals surface area contributed by atoms with E-state index >= 15 is 0 Å². The Labute approximate surface area is 118 Å². The van der Waals surface area contributed by atoms with Gasteiger partial charge < -0.3 is 5.11 Å². The number of hydrogen-bond donors (Lipinski definition) is 1. The highest BCUT2D eigenvalue weighted by Crippen LogP contribution is 2.30. The van der Waals surface area contributed by atoms with Gasteiger partial charge in [0.25, 0.3) is 0 Å². The van der Waals surface area contributed by atoms with Crippen molar-refractivity contribution in [1.82, 2.24) is 9.78 Å². The van der Waals surface area contributed by atoms with Crippen LogP contribution in [0.4, 0.5) is 4.39 Å². The zero-order valence-electron chi connectivity index (χ0n) is 10.4. The average molecular weight is 327 g/mol. The largest absolute Gasteiger partial charge is 0.481 e. The van der Waals surface area contributed by atoms with Gasteiger partial charge in [-0.05, 0) is 48.0 Å². The summed E-state index contributed by atoms with van der Waals surface area (Å²) in [5, 5.41) is 13.4. The molecule has 1 N–H and O–H groups in total. The number of carboxylic acid groups (broad SMARTS) is 1. The molecule has 0 radical (unpaired) electrons. The molecule has 100 valence electrons. The quantitative estimate of drug-likeness (QED) is 0.942. The maximum atomic E-state index is 13.2. The Morgan fingerprint density at radius 2 is 2.16 bits per heavy atom. The van der Waals surface area contributed by atoms with Gasteiger partial charge in [-0.3, -0.25) is 4.79 Å². The van der Waals surface area contributed by atoms with Crippen LogP contribution in [0.5, 0.6) is 0 Å². The number of aliphatic carboxylic acids is 1. The number of nitrogens with zero attached hydrogens (tertiary/aromatic N) is 2. The molecule has 0 bridgehead atoms. The van der Waals surface area contributed by atoms with Gasteiger partial charge in [0.1, 0.15) is 11.2 Å². The molecule has 1 aromatic carbocycles. The van der Waals surface area contributed by atoms with Gasteiger partial charge in [0, 0.05) is 6.20 Å². The Balaban J connectivity index is 2.50. The molecule has 19 heavy (non-hydrogen) atoms. The van der Waals surface area contributed by atoms with Gasteiger partial charge in [-0.2, -0.15) is 5.10 Å². The summed E-state index contributed by atoms with van der Waals surface area (Å²) in [5.74, 6) is -1.35. The Bertz CT molecular complexity index is 637. The average Bonchev–Trinajstić information content (AvgIpc) is 2.72. The molecule has 1 heterocycles. The molecule has 0 saturated carbocycles. The highest BCUT2D eigenvalue weighted by atomic mass is 79.9. The maximum Gasteiger partial charge on any atom is 0.315 e. The van der Waals surface area contributed by atoms with E-state index in [1.807, 2.05) is 0 Å². The summed E-state index contributed by atoms with van der Waals surface area (Å²) < 4.78 is 15.2. The van der Waals surface area contributed by atoms with Gasteiger partial charge in [-0.1, -0.05) is 6.07 Å². The van der Waals surface area contributed by atoms with E-state index in [1.54, 1.807) is 32.2 Å². The molecule has 0 aliphatic rings. The molecule has 2 rings (SSSR count). The Kier molecular flexibility index (Phi) is 3.45. The first-order chi connectivity index (χ1) is 8.82. The van der Waals surface area contributed by atoms with Crippen LogP contribution in [0.1, 0.15) is 19.5 Å². The molecule has 0 unspecified atom stereocenters. The van der Waals surface area contributed by atoms with E-state index in [9.17, 15) is 14.3 Å². The Morgan fingerprint density at radius 1 is 1.47 bits per heavy atom. The van der Waals surface area contributed by atoms with Gasteiger partial charge in [0.05, 0.1) is 15.9 Å². The third kappa shape index (κ3) is 2.53. The van der Waals surface area contributed by atoms with E-state index in [1.165, 1.54) is 16.8 Å². The van der Waals surface area contributed by atoms with Crippen LogP contribution in [0.15, 0.2) is 34.9 Å². The number of benzene rings is 1. The van der Waals surface area contributed by atoms with E-state index < -0.39 is 11.4 Å². The Morgan fingerprint density at radius 3 is 2.74 bits per heavy atom. The monoisotopic (exact) mass is 326 g/mol. The van der Waals surface area contributed by atoms with Crippen molar-refractivity contribution in [3.63, 3.8) is 0 Å².